The average molecular weight is 686 g/mol. The number of aliphatic hydroxyl groups is 1. The maximum absolute atomic E-state index is 10.6. The van der Waals surface area contributed by atoms with Gasteiger partial charge in [-0.25, -0.2) is 24.5 Å². The van der Waals surface area contributed by atoms with Crippen molar-refractivity contribution in [2.45, 2.75) is 19.8 Å². The molecule has 3 aromatic heterocycles. The van der Waals surface area contributed by atoms with Crippen LogP contribution in [0.1, 0.15) is 27.0 Å². The molecule has 0 aliphatic rings. The lowest BCUT2D eigenvalue weighted by Gasteiger charge is -2.04. The van der Waals surface area contributed by atoms with E-state index in [-0.39, 0.29) is 12.2 Å². The summed E-state index contributed by atoms with van der Waals surface area (Å²) in [7, 11) is 0. The summed E-state index contributed by atoms with van der Waals surface area (Å²) >= 11 is 5.45. The molecule has 0 aliphatic heterocycles. The number of ether oxygens (including phenoxy) is 2. The molecule has 0 aliphatic carbocycles. The Kier molecular flexibility index (Phi) is 16.7. The van der Waals surface area contributed by atoms with Crippen molar-refractivity contribution in [3.05, 3.63) is 196 Å². The highest BCUT2D eigenvalue weighted by molar-refractivity contribution is 6.29. The van der Waals surface area contributed by atoms with Crippen molar-refractivity contribution in [1.82, 2.24) is 15.0 Å². The topological polar surface area (TPSA) is 123 Å². The van der Waals surface area contributed by atoms with E-state index in [9.17, 15) is 4.79 Å². The number of carboxylic acids is 1. The second-order valence-corrected chi connectivity index (χ2v) is 10.2. The zero-order chi connectivity index (χ0) is 35.8. The summed E-state index contributed by atoms with van der Waals surface area (Å²) in [6.07, 6.45) is 4.23. The average Bonchev–Trinajstić information content (AvgIpc) is 3.19. The van der Waals surface area contributed by atoms with E-state index in [0.29, 0.717) is 41.5 Å². The first-order valence-electron chi connectivity index (χ1n) is 14.9. The van der Waals surface area contributed by atoms with Crippen molar-refractivity contribution in [3.8, 4) is 11.8 Å². The number of aromatic nitrogens is 3. The molecule has 0 amide bonds. The smallest absolute Gasteiger partial charge is 0.337 e. The van der Waals surface area contributed by atoms with Gasteiger partial charge in [-0.2, -0.15) is 0 Å². The molecule has 0 saturated carbocycles. The van der Waals surface area contributed by atoms with Crippen LogP contribution in [-0.2, 0) is 19.8 Å². The van der Waals surface area contributed by atoms with Crippen LogP contribution >= 0.6 is 11.6 Å². The van der Waals surface area contributed by atoms with Crippen LogP contribution < -0.4 is 9.47 Å². The van der Waals surface area contributed by atoms with Gasteiger partial charge in [-0.1, -0.05) is 109 Å². The maximum atomic E-state index is 10.6. The Morgan fingerprint density at radius 1 is 0.600 bits per heavy atom. The van der Waals surface area contributed by atoms with E-state index in [0.717, 1.165) is 16.7 Å². The number of carboxylic acid groups (broad SMARTS) is 1. The third-order valence-electron chi connectivity index (χ3n) is 6.16. The standard InChI is InChI=1S/C13H10N2O.C13H11NO3.C7H8O.C6H3ClN2/c1-14-12-7-8-13(15-9-12)16-10-11-5-3-2-4-6-11;15-13(16)11-6-7-12(14-8-11)17-9-10-4-2-1-3-5-10;8-6-7-4-2-1-3-5-7;1-8-5-2-3-6(7)9-4-5/h2-9H,10H2;1-8H,9H2,(H,15,16);1-5,8H,6H2;2-4H. The Bertz CT molecular complexity index is 1920. The number of hydrogen-bond donors (Lipinski definition) is 2. The molecule has 0 spiro atoms. The second-order valence-electron chi connectivity index (χ2n) is 9.80. The van der Waals surface area contributed by atoms with E-state index in [1.54, 1.807) is 30.3 Å². The van der Waals surface area contributed by atoms with Crippen LogP contribution in [0.25, 0.3) is 9.69 Å². The Balaban J connectivity index is 0.000000189. The molecule has 0 bridgehead atoms. The Labute approximate surface area is 295 Å². The fourth-order valence-electron chi connectivity index (χ4n) is 3.60. The van der Waals surface area contributed by atoms with Crippen LogP contribution in [-0.4, -0.2) is 31.1 Å². The molecule has 11 heteroatoms. The van der Waals surface area contributed by atoms with Gasteiger partial charge in [0, 0.05) is 24.7 Å². The van der Waals surface area contributed by atoms with E-state index in [1.165, 1.54) is 24.7 Å². The van der Waals surface area contributed by atoms with Crippen LogP contribution in [0.15, 0.2) is 146 Å². The van der Waals surface area contributed by atoms with Gasteiger partial charge in [0.25, 0.3) is 0 Å². The van der Waals surface area contributed by atoms with Gasteiger partial charge in [0.15, 0.2) is 0 Å². The van der Waals surface area contributed by atoms with Crippen molar-refractivity contribution >= 4 is 28.9 Å². The molecule has 0 unspecified atom stereocenters. The van der Waals surface area contributed by atoms with E-state index in [4.69, 9.17) is 44.4 Å². The number of nitrogens with zero attached hydrogens (tertiary/aromatic N) is 5. The van der Waals surface area contributed by atoms with Gasteiger partial charge in [0.2, 0.25) is 23.1 Å². The van der Waals surface area contributed by atoms with Gasteiger partial charge >= 0.3 is 5.97 Å². The molecule has 2 N–H and O–H groups in total. The number of pyridine rings is 3. The van der Waals surface area contributed by atoms with Crippen LogP contribution in [0.5, 0.6) is 11.8 Å². The fraction of sp³-hybridized carbons (Fsp3) is 0.0769. The zero-order valence-electron chi connectivity index (χ0n) is 26.7. The zero-order valence-corrected chi connectivity index (χ0v) is 27.5. The molecule has 6 aromatic rings. The lowest BCUT2D eigenvalue weighted by atomic mass is 10.2. The van der Waals surface area contributed by atoms with Gasteiger partial charge in [0.1, 0.15) is 18.4 Å². The number of benzene rings is 3. The van der Waals surface area contributed by atoms with Crippen LogP contribution in [0.3, 0.4) is 0 Å². The molecule has 250 valence electrons. The molecule has 3 aromatic carbocycles. The Morgan fingerprint density at radius 3 is 1.38 bits per heavy atom. The van der Waals surface area contributed by atoms with E-state index < -0.39 is 5.97 Å². The monoisotopic (exact) mass is 685 g/mol. The van der Waals surface area contributed by atoms with Crippen molar-refractivity contribution in [3.63, 3.8) is 0 Å². The Morgan fingerprint density at radius 2 is 1.04 bits per heavy atom. The minimum atomic E-state index is -0.993. The summed E-state index contributed by atoms with van der Waals surface area (Å²) in [6, 6.07) is 38.7. The highest BCUT2D eigenvalue weighted by Gasteiger charge is 2.03. The Hall–Kier alpha value is -6.59. The van der Waals surface area contributed by atoms with Crippen molar-refractivity contribution in [2.24, 2.45) is 0 Å². The predicted molar refractivity (Wildman–Crippen MR) is 191 cm³/mol. The molecule has 6 rings (SSSR count). The number of hydrogen-bond acceptors (Lipinski definition) is 7. The quantitative estimate of drug-likeness (QED) is 0.120. The van der Waals surface area contributed by atoms with Crippen LogP contribution in [0.4, 0.5) is 11.4 Å². The second kappa shape index (κ2) is 22.1. The van der Waals surface area contributed by atoms with E-state index in [2.05, 4.69) is 24.6 Å². The first-order valence-corrected chi connectivity index (χ1v) is 15.3. The number of halogens is 1. The molecule has 10 nitrogen and oxygen atoms in total. The van der Waals surface area contributed by atoms with Crippen molar-refractivity contribution < 1.29 is 24.5 Å². The molecule has 3 heterocycles. The summed E-state index contributed by atoms with van der Waals surface area (Å²) in [5.41, 5.74) is 4.28. The highest BCUT2D eigenvalue weighted by atomic mass is 35.5. The first kappa shape index (κ1) is 37.9. The molecular weight excluding hydrogens is 654 g/mol. The van der Waals surface area contributed by atoms with E-state index in [1.807, 2.05) is 91.0 Å². The fourth-order valence-corrected chi connectivity index (χ4v) is 3.71. The number of aromatic carboxylic acids is 1. The summed E-state index contributed by atoms with van der Waals surface area (Å²) < 4.78 is 10.9. The predicted octanol–water partition coefficient (Wildman–Crippen LogP) is 9.03. The van der Waals surface area contributed by atoms with E-state index >= 15 is 0 Å². The van der Waals surface area contributed by atoms with Gasteiger partial charge < -0.3 is 19.7 Å². The molecule has 0 fully saturated rings. The first-order chi connectivity index (χ1) is 24.4. The normalized spacial score (nSPS) is 9.36. The molecule has 0 radical (unpaired) electrons. The third-order valence-corrected chi connectivity index (χ3v) is 6.38. The summed E-state index contributed by atoms with van der Waals surface area (Å²) in [6.45, 7) is 14.4. The van der Waals surface area contributed by atoms with Gasteiger partial charge in [-0.05, 0) is 41.0 Å². The summed E-state index contributed by atoms with van der Waals surface area (Å²) in [5, 5.41) is 17.7. The molecule has 50 heavy (non-hydrogen) atoms. The summed E-state index contributed by atoms with van der Waals surface area (Å²) in [4.78, 5) is 28.7. The minimum absolute atomic E-state index is 0.140. The largest absolute Gasteiger partial charge is 0.478 e. The number of rotatable bonds is 8. The van der Waals surface area contributed by atoms with Crippen molar-refractivity contribution in [1.29, 1.82) is 0 Å². The van der Waals surface area contributed by atoms with Gasteiger partial charge in [-0.15, -0.1) is 0 Å². The lowest BCUT2D eigenvalue weighted by molar-refractivity contribution is 0.0696. The van der Waals surface area contributed by atoms with Gasteiger partial charge in [-0.3, -0.25) is 4.98 Å². The molecule has 0 saturated heterocycles. The molecule has 0 atom stereocenters. The maximum Gasteiger partial charge on any atom is 0.337 e. The van der Waals surface area contributed by atoms with Crippen molar-refractivity contribution in [2.75, 3.05) is 0 Å². The van der Waals surface area contributed by atoms with Gasteiger partial charge in [0.05, 0.1) is 25.3 Å². The third kappa shape index (κ3) is 14.9. The minimum Gasteiger partial charge on any atom is -0.478 e. The van der Waals surface area contributed by atoms with Crippen LogP contribution in [0, 0.1) is 13.1 Å². The lowest BCUT2D eigenvalue weighted by Crippen LogP contribution is -2.00. The SMILES string of the molecule is O=C(O)c1ccc(OCc2ccccc2)nc1.OCc1ccccc1.[C-]#[N+]c1ccc(Cl)nc1.[C-]#[N+]c1ccc(OCc2ccccc2)nc1. The highest BCUT2D eigenvalue weighted by Crippen LogP contribution is 2.15. The number of aliphatic hydroxyl groups excluding tert-OH is 1. The number of carbonyl (C=O) groups is 1. The molecular formula is C39H32ClN5O5. The van der Waals surface area contributed by atoms with Crippen LogP contribution in [0.2, 0.25) is 5.15 Å². The summed E-state index contributed by atoms with van der Waals surface area (Å²) in [5.74, 6) is -0.0396.